The Kier molecular flexibility index (Phi) is 5.85. The van der Waals surface area contributed by atoms with Gasteiger partial charge in [0.15, 0.2) is 9.84 Å². The Morgan fingerprint density at radius 2 is 1.76 bits per heavy atom. The highest BCUT2D eigenvalue weighted by Gasteiger charge is 2.32. The Morgan fingerprint density at radius 1 is 1.10 bits per heavy atom. The largest absolute Gasteiger partial charge is 0.416 e. The molecule has 1 N–H and O–H groups in total. The summed E-state index contributed by atoms with van der Waals surface area (Å²) in [6.07, 6.45) is -3.63. The number of ether oxygens (including phenoxy) is 1. The second kappa shape index (κ2) is 8.03. The van der Waals surface area contributed by atoms with Crippen molar-refractivity contribution in [2.75, 3.05) is 42.8 Å². The number of halogens is 3. The van der Waals surface area contributed by atoms with Crippen molar-refractivity contribution in [2.24, 2.45) is 0 Å². The van der Waals surface area contributed by atoms with Crippen LogP contribution in [0.15, 0.2) is 47.4 Å². The molecular formula is C19H19F3N2O4S. The van der Waals surface area contributed by atoms with Crippen LogP contribution in [-0.2, 0) is 20.8 Å². The third-order valence-electron chi connectivity index (χ3n) is 4.46. The summed E-state index contributed by atoms with van der Waals surface area (Å²) in [5.74, 6) is -0.806. The first-order valence-corrected chi connectivity index (χ1v) is 10.6. The van der Waals surface area contributed by atoms with Gasteiger partial charge in [-0.25, -0.2) is 8.42 Å². The number of sulfone groups is 1. The highest BCUT2D eigenvalue weighted by molar-refractivity contribution is 7.90. The molecule has 0 bridgehead atoms. The fraction of sp³-hybridized carbons (Fsp3) is 0.316. The second-order valence-corrected chi connectivity index (χ2v) is 8.54. The van der Waals surface area contributed by atoms with Crippen molar-refractivity contribution in [1.29, 1.82) is 0 Å². The molecule has 6 nitrogen and oxygen atoms in total. The van der Waals surface area contributed by atoms with Gasteiger partial charge in [0.2, 0.25) is 0 Å². The zero-order valence-corrected chi connectivity index (χ0v) is 16.3. The van der Waals surface area contributed by atoms with Crippen LogP contribution in [0.5, 0.6) is 0 Å². The summed E-state index contributed by atoms with van der Waals surface area (Å²) < 4.78 is 68.8. The van der Waals surface area contributed by atoms with Crippen molar-refractivity contribution in [3.63, 3.8) is 0 Å². The number of morpholine rings is 1. The van der Waals surface area contributed by atoms with Gasteiger partial charge in [0.1, 0.15) is 0 Å². The number of nitrogens with one attached hydrogen (secondary N) is 1. The summed E-state index contributed by atoms with van der Waals surface area (Å²) in [5.41, 5.74) is -0.692. The van der Waals surface area contributed by atoms with Crippen molar-refractivity contribution in [2.45, 2.75) is 11.1 Å². The lowest BCUT2D eigenvalue weighted by Gasteiger charge is -2.31. The van der Waals surface area contributed by atoms with Crippen LogP contribution in [0.4, 0.5) is 24.5 Å². The molecule has 1 fully saturated rings. The van der Waals surface area contributed by atoms with Crippen LogP contribution in [-0.4, -0.2) is 46.9 Å². The average molecular weight is 428 g/mol. The van der Waals surface area contributed by atoms with Crippen LogP contribution in [0.2, 0.25) is 0 Å². The van der Waals surface area contributed by atoms with E-state index in [0.717, 1.165) is 18.4 Å². The minimum Gasteiger partial charge on any atom is -0.378 e. The number of alkyl halides is 3. The molecule has 0 spiro atoms. The lowest BCUT2D eigenvalue weighted by atomic mass is 10.1. The van der Waals surface area contributed by atoms with Gasteiger partial charge in [-0.1, -0.05) is 12.1 Å². The lowest BCUT2D eigenvalue weighted by Crippen LogP contribution is -2.37. The molecule has 1 amide bonds. The van der Waals surface area contributed by atoms with Gasteiger partial charge in [0.05, 0.1) is 40.6 Å². The van der Waals surface area contributed by atoms with E-state index in [1.165, 1.54) is 30.3 Å². The summed E-state index contributed by atoms with van der Waals surface area (Å²) >= 11 is 0. The Bertz CT molecular complexity index is 1020. The minimum atomic E-state index is -4.59. The summed E-state index contributed by atoms with van der Waals surface area (Å²) in [7, 11) is -3.70. The normalized spacial score (nSPS) is 15.2. The molecule has 0 aliphatic carbocycles. The molecule has 1 aliphatic rings. The Morgan fingerprint density at radius 3 is 2.38 bits per heavy atom. The van der Waals surface area contributed by atoms with Gasteiger partial charge in [-0.15, -0.1) is 0 Å². The van der Waals surface area contributed by atoms with E-state index in [-0.39, 0.29) is 16.1 Å². The first kappa shape index (κ1) is 21.1. The zero-order chi connectivity index (χ0) is 21.2. The molecule has 0 aromatic heterocycles. The van der Waals surface area contributed by atoms with Crippen LogP contribution in [0, 0.1) is 0 Å². The van der Waals surface area contributed by atoms with Crippen LogP contribution >= 0.6 is 0 Å². The van der Waals surface area contributed by atoms with E-state index in [4.69, 9.17) is 4.74 Å². The molecule has 3 rings (SSSR count). The zero-order valence-electron chi connectivity index (χ0n) is 15.5. The molecule has 0 unspecified atom stereocenters. The molecular weight excluding hydrogens is 409 g/mol. The molecule has 1 heterocycles. The molecule has 2 aromatic carbocycles. The predicted octanol–water partition coefficient (Wildman–Crippen LogP) is 3.20. The average Bonchev–Trinajstić information content (AvgIpc) is 2.67. The molecule has 0 saturated carbocycles. The SMILES string of the molecule is CS(=O)(=O)c1ccccc1C(=O)Nc1cc(C(F)(F)F)ccc1N1CCOCC1. The molecule has 156 valence electrons. The number of amides is 1. The van der Waals surface area contributed by atoms with Crippen molar-refractivity contribution in [1.82, 2.24) is 0 Å². The van der Waals surface area contributed by atoms with Crippen LogP contribution in [0.25, 0.3) is 0 Å². The molecule has 1 saturated heterocycles. The molecule has 0 atom stereocenters. The lowest BCUT2D eigenvalue weighted by molar-refractivity contribution is -0.137. The number of carbonyl (C=O) groups excluding carboxylic acids is 1. The quantitative estimate of drug-likeness (QED) is 0.810. The van der Waals surface area contributed by atoms with E-state index >= 15 is 0 Å². The smallest absolute Gasteiger partial charge is 0.378 e. The molecule has 2 aromatic rings. The number of anilines is 2. The Labute approximate surface area is 166 Å². The highest BCUT2D eigenvalue weighted by Crippen LogP contribution is 2.36. The molecule has 29 heavy (non-hydrogen) atoms. The number of hydrogen-bond acceptors (Lipinski definition) is 5. The number of carbonyl (C=O) groups is 1. The van der Waals surface area contributed by atoms with Gasteiger partial charge in [-0.05, 0) is 30.3 Å². The van der Waals surface area contributed by atoms with Crippen molar-refractivity contribution in [3.05, 3.63) is 53.6 Å². The fourth-order valence-corrected chi connectivity index (χ4v) is 3.95. The van der Waals surface area contributed by atoms with Gasteiger partial charge in [0, 0.05) is 19.3 Å². The van der Waals surface area contributed by atoms with E-state index in [2.05, 4.69) is 5.32 Å². The third-order valence-corrected chi connectivity index (χ3v) is 5.61. The monoisotopic (exact) mass is 428 g/mol. The number of benzene rings is 2. The van der Waals surface area contributed by atoms with Gasteiger partial charge in [-0.2, -0.15) is 13.2 Å². The van der Waals surface area contributed by atoms with E-state index in [0.29, 0.717) is 32.0 Å². The maximum absolute atomic E-state index is 13.2. The number of rotatable bonds is 4. The maximum Gasteiger partial charge on any atom is 0.416 e. The summed E-state index contributed by atoms with van der Waals surface area (Å²) in [6, 6.07) is 8.64. The third kappa shape index (κ3) is 4.88. The van der Waals surface area contributed by atoms with Gasteiger partial charge in [-0.3, -0.25) is 4.79 Å². The van der Waals surface area contributed by atoms with E-state index < -0.39 is 27.5 Å². The number of nitrogens with zero attached hydrogens (tertiary/aromatic N) is 1. The highest BCUT2D eigenvalue weighted by atomic mass is 32.2. The topological polar surface area (TPSA) is 75.7 Å². The van der Waals surface area contributed by atoms with Crippen LogP contribution < -0.4 is 10.2 Å². The summed E-state index contributed by atoms with van der Waals surface area (Å²) in [6.45, 7) is 1.72. The first-order valence-electron chi connectivity index (χ1n) is 8.72. The minimum absolute atomic E-state index is 0.0463. The second-order valence-electron chi connectivity index (χ2n) is 6.55. The fourth-order valence-electron chi connectivity index (χ4n) is 3.06. The van der Waals surface area contributed by atoms with Gasteiger partial charge in [0.25, 0.3) is 5.91 Å². The van der Waals surface area contributed by atoms with E-state index in [1.807, 2.05) is 4.90 Å². The van der Waals surface area contributed by atoms with Gasteiger partial charge < -0.3 is 15.0 Å². The van der Waals surface area contributed by atoms with Crippen molar-refractivity contribution >= 4 is 27.1 Å². The summed E-state index contributed by atoms with van der Waals surface area (Å²) in [5, 5.41) is 2.46. The molecule has 0 radical (unpaired) electrons. The Hall–Kier alpha value is -2.59. The van der Waals surface area contributed by atoms with Gasteiger partial charge >= 0.3 is 6.18 Å². The maximum atomic E-state index is 13.2. The van der Waals surface area contributed by atoms with Crippen LogP contribution in [0.1, 0.15) is 15.9 Å². The molecule has 1 aliphatic heterocycles. The van der Waals surface area contributed by atoms with Crippen LogP contribution in [0.3, 0.4) is 0 Å². The first-order chi connectivity index (χ1) is 13.6. The molecule has 10 heteroatoms. The summed E-state index contributed by atoms with van der Waals surface area (Å²) in [4.78, 5) is 14.4. The Balaban J connectivity index is 2.02. The predicted molar refractivity (Wildman–Crippen MR) is 102 cm³/mol. The number of hydrogen-bond donors (Lipinski definition) is 1. The van der Waals surface area contributed by atoms with E-state index in [9.17, 15) is 26.4 Å². The van der Waals surface area contributed by atoms with Crippen molar-refractivity contribution < 1.29 is 31.1 Å². The van der Waals surface area contributed by atoms with E-state index in [1.54, 1.807) is 0 Å². The standard InChI is InChI=1S/C19H19F3N2O4S/c1-29(26,27)17-5-3-2-4-14(17)18(25)23-15-12-13(19(20,21)22)6-7-16(15)24-8-10-28-11-9-24/h2-7,12H,8-11H2,1H3,(H,23,25). The van der Waals surface area contributed by atoms with Crippen molar-refractivity contribution in [3.8, 4) is 0 Å².